The molecule has 0 saturated heterocycles. The fourth-order valence-electron chi connectivity index (χ4n) is 3.94. The number of methoxy groups -OCH3 is 1. The van der Waals surface area contributed by atoms with Crippen molar-refractivity contribution in [1.82, 2.24) is 5.01 Å². The quantitative estimate of drug-likeness (QED) is 0.266. The van der Waals surface area contributed by atoms with Gasteiger partial charge in [-0.15, -0.1) is 11.3 Å². The van der Waals surface area contributed by atoms with Gasteiger partial charge >= 0.3 is 0 Å². The Kier molecular flexibility index (Phi) is 7.62. The highest BCUT2D eigenvalue weighted by Crippen LogP contribution is 2.33. The van der Waals surface area contributed by atoms with Crippen molar-refractivity contribution in [3.63, 3.8) is 0 Å². The van der Waals surface area contributed by atoms with Crippen LogP contribution in [0.5, 0.6) is 17.2 Å². The molecule has 3 heterocycles. The molecule has 0 saturated carbocycles. The number of hydrazone groups is 1. The van der Waals surface area contributed by atoms with E-state index >= 15 is 0 Å². The number of hydrogen-bond acceptors (Lipinski definition) is 8. The summed E-state index contributed by atoms with van der Waals surface area (Å²) in [7, 11) is 1.56. The van der Waals surface area contributed by atoms with Crippen LogP contribution >= 0.6 is 23.1 Å². The lowest BCUT2D eigenvalue weighted by atomic mass is 10.1. The molecular formula is C28H26N4O4S2. The molecule has 38 heavy (non-hydrogen) atoms. The molecule has 0 radical (unpaired) electrons. The van der Waals surface area contributed by atoms with E-state index in [4.69, 9.17) is 19.6 Å². The summed E-state index contributed by atoms with van der Waals surface area (Å²) >= 11 is 2.84. The first-order valence-electron chi connectivity index (χ1n) is 12.0. The van der Waals surface area contributed by atoms with Gasteiger partial charge in [0.1, 0.15) is 10.8 Å². The number of benzene rings is 2. The fourth-order valence-corrected chi connectivity index (χ4v) is 5.62. The summed E-state index contributed by atoms with van der Waals surface area (Å²) in [6, 6.07) is 15.4. The molecule has 2 aromatic carbocycles. The molecule has 8 nitrogen and oxygen atoms in total. The molecule has 10 heteroatoms. The van der Waals surface area contributed by atoms with Crippen molar-refractivity contribution >= 4 is 51.1 Å². The summed E-state index contributed by atoms with van der Waals surface area (Å²) in [5, 5.41) is 17.6. The van der Waals surface area contributed by atoms with Gasteiger partial charge in [0.2, 0.25) is 5.17 Å². The number of aryl methyl sites for hydroxylation is 2. The Morgan fingerprint density at radius 3 is 2.55 bits per heavy atom. The highest BCUT2D eigenvalue weighted by Gasteiger charge is 2.36. The van der Waals surface area contributed by atoms with Crippen LogP contribution in [0.2, 0.25) is 0 Å². The first-order chi connectivity index (χ1) is 18.4. The SMILES string of the molecule is COc1cc(C=C2C(=N)N3N=C(c4cccs4)SC3=NC2=O)ccc1OCCCOc1ccc(C)cc1C. The summed E-state index contributed by atoms with van der Waals surface area (Å²) in [6.45, 7) is 5.09. The number of nitrogens with one attached hydrogen (secondary N) is 1. The second-order valence-corrected chi connectivity index (χ2v) is 10.5. The zero-order chi connectivity index (χ0) is 26.6. The Hall–Kier alpha value is -3.89. The van der Waals surface area contributed by atoms with Crippen LogP contribution in [-0.2, 0) is 4.79 Å². The number of amides is 1. The molecule has 194 valence electrons. The number of carbonyl (C=O) groups excluding carboxylic acids is 1. The molecule has 0 spiro atoms. The molecule has 5 rings (SSSR count). The van der Waals surface area contributed by atoms with Gasteiger partial charge in [-0.2, -0.15) is 15.1 Å². The Labute approximate surface area is 229 Å². The van der Waals surface area contributed by atoms with Gasteiger partial charge in [-0.25, -0.2) is 0 Å². The number of fused-ring (bicyclic) bond motifs is 1. The molecule has 0 aliphatic carbocycles. The van der Waals surface area contributed by atoms with Crippen molar-refractivity contribution in [1.29, 1.82) is 5.41 Å². The lowest BCUT2D eigenvalue weighted by molar-refractivity contribution is -0.114. The third-order valence-electron chi connectivity index (χ3n) is 5.82. The highest BCUT2D eigenvalue weighted by molar-refractivity contribution is 8.27. The van der Waals surface area contributed by atoms with Gasteiger partial charge in [-0.3, -0.25) is 10.2 Å². The minimum Gasteiger partial charge on any atom is -0.493 e. The molecule has 1 N–H and O–H groups in total. The minimum atomic E-state index is -0.473. The molecule has 2 aliphatic rings. The number of ether oxygens (including phenoxy) is 3. The van der Waals surface area contributed by atoms with E-state index in [0.29, 0.717) is 41.9 Å². The van der Waals surface area contributed by atoms with E-state index in [9.17, 15) is 4.79 Å². The third kappa shape index (κ3) is 5.51. The van der Waals surface area contributed by atoms with E-state index in [1.54, 1.807) is 36.7 Å². The molecule has 1 amide bonds. The van der Waals surface area contributed by atoms with Crippen LogP contribution in [0.15, 0.2) is 69.6 Å². The monoisotopic (exact) mass is 546 g/mol. The zero-order valence-corrected chi connectivity index (χ0v) is 22.8. The van der Waals surface area contributed by atoms with Gasteiger partial charge in [0, 0.05) is 6.42 Å². The van der Waals surface area contributed by atoms with Crippen LogP contribution in [0.1, 0.15) is 28.0 Å². The molecule has 0 bridgehead atoms. The van der Waals surface area contributed by atoms with Gasteiger partial charge in [0.25, 0.3) is 5.91 Å². The van der Waals surface area contributed by atoms with Crippen molar-refractivity contribution in [3.8, 4) is 17.2 Å². The smallest absolute Gasteiger partial charge is 0.283 e. The van der Waals surface area contributed by atoms with E-state index < -0.39 is 5.91 Å². The van der Waals surface area contributed by atoms with E-state index in [1.807, 2.05) is 42.6 Å². The van der Waals surface area contributed by atoms with Gasteiger partial charge in [-0.1, -0.05) is 29.8 Å². The van der Waals surface area contributed by atoms with E-state index in [0.717, 1.165) is 21.2 Å². The van der Waals surface area contributed by atoms with E-state index in [1.165, 1.54) is 22.3 Å². The summed E-state index contributed by atoms with van der Waals surface area (Å²) in [6.07, 6.45) is 2.33. The second kappa shape index (κ2) is 11.2. The number of thioether (sulfide) groups is 1. The Morgan fingerprint density at radius 1 is 1.03 bits per heavy atom. The lowest BCUT2D eigenvalue weighted by Gasteiger charge is -2.20. The first kappa shape index (κ1) is 25.7. The standard InChI is InChI=1S/C28H26N4O4S2/c1-17-7-9-21(18(2)14-17)35-11-5-12-36-22-10-8-19(16-23(22)34-3)15-20-25(29)32-28(30-26(20)33)38-27(31-32)24-6-4-13-37-24/h4,6-10,13-16,29H,5,11-12H2,1-3H3. The number of aliphatic imine (C=N–C) groups is 1. The Morgan fingerprint density at radius 2 is 1.82 bits per heavy atom. The predicted octanol–water partition coefficient (Wildman–Crippen LogP) is 5.89. The highest BCUT2D eigenvalue weighted by atomic mass is 32.2. The zero-order valence-electron chi connectivity index (χ0n) is 21.2. The predicted molar refractivity (Wildman–Crippen MR) is 153 cm³/mol. The first-order valence-corrected chi connectivity index (χ1v) is 13.7. The molecule has 0 fully saturated rings. The number of hydrogen-bond donors (Lipinski definition) is 1. The van der Waals surface area contributed by atoms with E-state index in [2.05, 4.69) is 23.1 Å². The number of carbonyl (C=O) groups is 1. The number of amidine groups is 2. The average molecular weight is 547 g/mol. The van der Waals surface area contributed by atoms with Crippen molar-refractivity contribution in [2.45, 2.75) is 20.3 Å². The Balaban J connectivity index is 1.23. The van der Waals surface area contributed by atoms with Crippen LogP contribution in [0.4, 0.5) is 0 Å². The lowest BCUT2D eigenvalue weighted by Crippen LogP contribution is -2.35. The maximum absolute atomic E-state index is 12.8. The van der Waals surface area contributed by atoms with Crippen molar-refractivity contribution in [2.75, 3.05) is 20.3 Å². The van der Waals surface area contributed by atoms with Gasteiger partial charge in [0.05, 0.1) is 30.8 Å². The third-order valence-corrected chi connectivity index (χ3v) is 7.77. The number of rotatable bonds is 9. The molecule has 2 aliphatic heterocycles. The largest absolute Gasteiger partial charge is 0.493 e. The number of nitrogens with zero attached hydrogens (tertiary/aromatic N) is 3. The van der Waals surface area contributed by atoms with Crippen molar-refractivity contribution in [3.05, 3.63) is 81.1 Å². The van der Waals surface area contributed by atoms with Crippen LogP contribution in [0.25, 0.3) is 6.08 Å². The summed E-state index contributed by atoms with van der Waals surface area (Å²) < 4.78 is 17.3. The summed E-state index contributed by atoms with van der Waals surface area (Å²) in [5.74, 6) is 1.52. The van der Waals surface area contributed by atoms with Crippen LogP contribution < -0.4 is 14.2 Å². The molecule has 0 unspecified atom stereocenters. The minimum absolute atomic E-state index is 0.0119. The summed E-state index contributed by atoms with van der Waals surface area (Å²) in [5.41, 5.74) is 3.17. The average Bonchev–Trinajstić information content (AvgIpc) is 3.58. The topological polar surface area (TPSA) is 96.6 Å². The molecular weight excluding hydrogens is 520 g/mol. The van der Waals surface area contributed by atoms with Crippen LogP contribution in [-0.4, -0.2) is 47.3 Å². The van der Waals surface area contributed by atoms with Crippen LogP contribution in [0, 0.1) is 19.3 Å². The van der Waals surface area contributed by atoms with Crippen LogP contribution in [0.3, 0.4) is 0 Å². The normalized spacial score (nSPS) is 15.9. The number of thiophene rings is 1. The fraction of sp³-hybridized carbons (Fsp3) is 0.214. The Bertz CT molecular complexity index is 1480. The van der Waals surface area contributed by atoms with E-state index in [-0.39, 0.29) is 11.4 Å². The molecule has 1 aromatic heterocycles. The second-order valence-electron chi connectivity index (χ2n) is 8.63. The van der Waals surface area contributed by atoms with Crippen molar-refractivity contribution < 1.29 is 19.0 Å². The summed E-state index contributed by atoms with van der Waals surface area (Å²) in [4.78, 5) is 17.9. The maximum Gasteiger partial charge on any atom is 0.283 e. The maximum atomic E-state index is 12.8. The van der Waals surface area contributed by atoms with Gasteiger partial charge < -0.3 is 14.2 Å². The van der Waals surface area contributed by atoms with Gasteiger partial charge in [-0.05, 0) is 72.5 Å². The molecule has 3 aromatic rings. The van der Waals surface area contributed by atoms with Crippen molar-refractivity contribution in [2.24, 2.45) is 10.1 Å². The van der Waals surface area contributed by atoms with Gasteiger partial charge in [0.15, 0.2) is 17.3 Å². The molecule has 0 atom stereocenters.